The number of carbonyl (C=O) groups is 1. The van der Waals surface area contributed by atoms with Gasteiger partial charge in [0.1, 0.15) is 5.76 Å². The van der Waals surface area contributed by atoms with Gasteiger partial charge in [-0.15, -0.1) is 0 Å². The van der Waals surface area contributed by atoms with E-state index >= 15 is 0 Å². The van der Waals surface area contributed by atoms with E-state index < -0.39 is 10.0 Å². The fourth-order valence-corrected chi connectivity index (χ4v) is 6.58. The lowest BCUT2D eigenvalue weighted by molar-refractivity contribution is 0.0978. The number of thiazole rings is 1. The Hall–Kier alpha value is -3.05. The molecule has 0 aliphatic carbocycles. The van der Waals surface area contributed by atoms with Gasteiger partial charge in [0, 0.05) is 25.8 Å². The Morgan fingerprint density at radius 1 is 1.16 bits per heavy atom. The van der Waals surface area contributed by atoms with Crippen molar-refractivity contribution in [3.8, 4) is 0 Å². The van der Waals surface area contributed by atoms with E-state index in [9.17, 15) is 13.2 Å². The number of fused-ring (bicyclic) bond motifs is 1. The van der Waals surface area contributed by atoms with Crippen LogP contribution in [0.3, 0.4) is 0 Å². The maximum atomic E-state index is 13.7. The van der Waals surface area contributed by atoms with E-state index in [1.54, 1.807) is 36.4 Å². The number of anilines is 1. The van der Waals surface area contributed by atoms with E-state index in [2.05, 4.69) is 13.0 Å². The summed E-state index contributed by atoms with van der Waals surface area (Å²) in [6, 6.07) is 15.7. The lowest BCUT2D eigenvalue weighted by Crippen LogP contribution is -2.34. The molecule has 0 bridgehead atoms. The first-order valence-electron chi connectivity index (χ1n) is 12.3. The molecule has 2 aromatic carbocycles. The Morgan fingerprint density at radius 2 is 1.97 bits per heavy atom. The Kier molecular flexibility index (Phi) is 7.43. The number of carbonyl (C=O) groups excluding carboxylic acids is 1. The van der Waals surface area contributed by atoms with Gasteiger partial charge in [0.2, 0.25) is 10.0 Å². The van der Waals surface area contributed by atoms with E-state index in [-0.39, 0.29) is 23.5 Å². The van der Waals surface area contributed by atoms with Crippen LogP contribution in [0.15, 0.2) is 70.2 Å². The predicted octanol–water partition coefficient (Wildman–Crippen LogP) is 5.10. The molecule has 0 radical (unpaired) electrons. The van der Waals surface area contributed by atoms with Gasteiger partial charge in [-0.2, -0.15) is 4.31 Å². The van der Waals surface area contributed by atoms with Crippen molar-refractivity contribution in [3.05, 3.63) is 77.7 Å². The van der Waals surface area contributed by atoms with Crippen LogP contribution in [-0.2, 0) is 27.7 Å². The Morgan fingerprint density at radius 3 is 2.65 bits per heavy atom. The quantitative estimate of drug-likeness (QED) is 0.294. The molecular weight excluding hydrogens is 510 g/mol. The third kappa shape index (κ3) is 5.47. The summed E-state index contributed by atoms with van der Waals surface area (Å²) in [4.78, 5) is 20.1. The lowest BCUT2D eigenvalue weighted by atomic mass is 10.2. The molecule has 194 valence electrons. The highest BCUT2D eigenvalue weighted by molar-refractivity contribution is 7.89. The first-order chi connectivity index (χ1) is 17.8. The number of rotatable bonds is 9. The molecule has 8 nitrogen and oxygen atoms in total. The molecule has 1 atom stereocenters. The second kappa shape index (κ2) is 10.7. The van der Waals surface area contributed by atoms with Crippen molar-refractivity contribution in [3.63, 3.8) is 0 Å². The highest BCUT2D eigenvalue weighted by Gasteiger charge is 2.27. The SMILES string of the molecule is CCc1ccc2nc(N(Cc3ccco3)C(=O)c3ccc(S(=O)(=O)N(C)CC4CCCO4)cc3)sc2c1. The molecule has 1 unspecified atom stereocenters. The minimum Gasteiger partial charge on any atom is -0.467 e. The first-order valence-corrected chi connectivity index (χ1v) is 14.5. The molecule has 2 aromatic heterocycles. The molecule has 4 aromatic rings. The minimum absolute atomic E-state index is 0.0852. The van der Waals surface area contributed by atoms with Crippen LogP contribution < -0.4 is 4.90 Å². The lowest BCUT2D eigenvalue weighted by Gasteiger charge is -2.21. The number of aryl methyl sites for hydroxylation is 1. The molecule has 5 rings (SSSR count). The zero-order chi connectivity index (χ0) is 26.0. The molecule has 0 spiro atoms. The minimum atomic E-state index is -3.70. The van der Waals surface area contributed by atoms with Gasteiger partial charge in [0.15, 0.2) is 5.13 Å². The van der Waals surface area contributed by atoms with Crippen molar-refractivity contribution in [2.24, 2.45) is 0 Å². The fraction of sp³-hybridized carbons (Fsp3) is 0.333. The largest absolute Gasteiger partial charge is 0.467 e. The van der Waals surface area contributed by atoms with Gasteiger partial charge in [0.25, 0.3) is 5.91 Å². The molecule has 1 amide bonds. The monoisotopic (exact) mass is 539 g/mol. The predicted molar refractivity (Wildman–Crippen MR) is 143 cm³/mol. The zero-order valence-electron chi connectivity index (χ0n) is 20.8. The Bertz CT molecular complexity index is 1470. The van der Waals surface area contributed by atoms with Crippen molar-refractivity contribution in [1.29, 1.82) is 0 Å². The summed E-state index contributed by atoms with van der Waals surface area (Å²) in [6.07, 6.45) is 4.19. The van der Waals surface area contributed by atoms with Gasteiger partial charge in [-0.1, -0.05) is 24.3 Å². The number of benzene rings is 2. The number of sulfonamides is 1. The van der Waals surface area contributed by atoms with Crippen LogP contribution in [0.5, 0.6) is 0 Å². The van der Waals surface area contributed by atoms with Crippen LogP contribution in [0.4, 0.5) is 5.13 Å². The Labute approximate surface area is 220 Å². The van der Waals surface area contributed by atoms with Crippen molar-refractivity contribution < 1.29 is 22.4 Å². The van der Waals surface area contributed by atoms with Gasteiger partial charge in [-0.3, -0.25) is 9.69 Å². The molecule has 0 N–H and O–H groups in total. The van der Waals surface area contributed by atoms with Crippen LogP contribution in [0, 0.1) is 0 Å². The van der Waals surface area contributed by atoms with E-state index in [1.165, 1.54) is 33.3 Å². The third-order valence-corrected chi connectivity index (χ3v) is 9.39. The zero-order valence-corrected chi connectivity index (χ0v) is 22.4. The number of hydrogen-bond acceptors (Lipinski definition) is 7. The normalized spacial score (nSPS) is 16.0. The van der Waals surface area contributed by atoms with Crippen LogP contribution in [-0.4, -0.2) is 49.9 Å². The molecule has 1 aliphatic heterocycles. The van der Waals surface area contributed by atoms with Gasteiger partial charge in [0.05, 0.1) is 34.0 Å². The highest BCUT2D eigenvalue weighted by atomic mass is 32.2. The molecule has 3 heterocycles. The average molecular weight is 540 g/mol. The maximum Gasteiger partial charge on any atom is 0.260 e. The van der Waals surface area contributed by atoms with Crippen LogP contribution in [0.2, 0.25) is 0 Å². The summed E-state index contributed by atoms with van der Waals surface area (Å²) in [5.41, 5.74) is 2.39. The number of amides is 1. The van der Waals surface area contributed by atoms with E-state index in [4.69, 9.17) is 14.1 Å². The topological polar surface area (TPSA) is 93.0 Å². The number of aromatic nitrogens is 1. The summed E-state index contributed by atoms with van der Waals surface area (Å²) < 4.78 is 39.6. The maximum absolute atomic E-state index is 13.7. The van der Waals surface area contributed by atoms with E-state index in [0.717, 1.165) is 29.5 Å². The Balaban J connectivity index is 1.41. The second-order valence-corrected chi connectivity index (χ2v) is 12.1. The van der Waals surface area contributed by atoms with Gasteiger partial charge >= 0.3 is 0 Å². The average Bonchev–Trinajstić information content (AvgIpc) is 3.68. The molecule has 1 aliphatic rings. The van der Waals surface area contributed by atoms with E-state index in [0.29, 0.717) is 29.6 Å². The van der Waals surface area contributed by atoms with Crippen LogP contribution in [0.25, 0.3) is 10.2 Å². The summed E-state index contributed by atoms with van der Waals surface area (Å²) in [5.74, 6) is 0.333. The summed E-state index contributed by atoms with van der Waals surface area (Å²) in [5, 5.41) is 0.553. The summed E-state index contributed by atoms with van der Waals surface area (Å²) in [6.45, 7) is 3.27. The fourth-order valence-electron chi connectivity index (χ4n) is 4.36. The molecule has 1 fully saturated rings. The molecule has 0 saturated carbocycles. The van der Waals surface area contributed by atoms with Crippen LogP contribution in [0.1, 0.15) is 41.4 Å². The molecule has 1 saturated heterocycles. The van der Waals surface area contributed by atoms with Crippen molar-refractivity contribution >= 4 is 42.6 Å². The van der Waals surface area contributed by atoms with Crippen molar-refractivity contribution in [2.75, 3.05) is 25.1 Å². The highest BCUT2D eigenvalue weighted by Crippen LogP contribution is 2.32. The number of hydrogen-bond donors (Lipinski definition) is 0. The van der Waals surface area contributed by atoms with E-state index in [1.807, 2.05) is 18.2 Å². The van der Waals surface area contributed by atoms with Gasteiger partial charge in [-0.05, 0) is 73.4 Å². The van der Waals surface area contributed by atoms with Gasteiger partial charge < -0.3 is 9.15 Å². The summed E-state index contributed by atoms with van der Waals surface area (Å²) in [7, 11) is -2.15. The number of ether oxygens (including phenoxy) is 1. The van der Waals surface area contributed by atoms with Crippen LogP contribution >= 0.6 is 11.3 Å². The standard InChI is InChI=1S/C27H29N3O5S2/c1-3-19-8-13-24-25(16-19)36-27(28-24)30(18-22-7-5-15-35-22)26(31)20-9-11-23(12-10-20)37(32,33)29(2)17-21-6-4-14-34-21/h5,7-13,15-16,21H,3-4,6,14,17-18H2,1-2H3. The number of likely N-dealkylation sites (N-methyl/N-ethyl adjacent to an activating group) is 1. The van der Waals surface area contributed by atoms with Crippen molar-refractivity contribution in [2.45, 2.75) is 43.7 Å². The number of nitrogens with zero attached hydrogens (tertiary/aromatic N) is 3. The molecule has 10 heteroatoms. The van der Waals surface area contributed by atoms with Crippen molar-refractivity contribution in [1.82, 2.24) is 9.29 Å². The smallest absolute Gasteiger partial charge is 0.260 e. The molecule has 37 heavy (non-hydrogen) atoms. The number of furan rings is 1. The summed E-state index contributed by atoms with van der Waals surface area (Å²) >= 11 is 1.44. The first kappa shape index (κ1) is 25.6. The second-order valence-electron chi connectivity index (χ2n) is 9.07. The van der Waals surface area contributed by atoms with Gasteiger partial charge in [-0.25, -0.2) is 13.4 Å². The third-order valence-electron chi connectivity index (χ3n) is 6.51. The molecular formula is C27H29N3O5S2.